The first-order chi connectivity index (χ1) is 13.5. The molecule has 4 nitrogen and oxygen atoms in total. The third-order valence-corrected chi connectivity index (χ3v) is 6.83. The fourth-order valence-corrected chi connectivity index (χ4v) is 4.78. The van der Waals surface area contributed by atoms with Crippen LogP contribution in [0.2, 0.25) is 0 Å². The summed E-state index contributed by atoms with van der Waals surface area (Å²) in [5.74, 6) is -2.86. The van der Waals surface area contributed by atoms with E-state index in [0.717, 1.165) is 38.8 Å². The Morgan fingerprint density at radius 1 is 0.897 bits per heavy atom. The highest BCUT2D eigenvalue weighted by Crippen LogP contribution is 2.48. The molecule has 0 aromatic rings. The Morgan fingerprint density at radius 2 is 1.45 bits per heavy atom. The van der Waals surface area contributed by atoms with Crippen LogP contribution in [-0.4, -0.2) is 57.6 Å². The van der Waals surface area contributed by atoms with Gasteiger partial charge in [-0.2, -0.15) is 0 Å². The molecule has 0 unspecified atom stereocenters. The molecule has 2 aliphatic carbocycles. The summed E-state index contributed by atoms with van der Waals surface area (Å²) in [6.07, 6.45) is 4.51. The zero-order valence-corrected chi connectivity index (χ0v) is 19.6. The smallest absolute Gasteiger partial charge is 0.275 e. The lowest BCUT2D eigenvalue weighted by molar-refractivity contribution is -0.202. The number of hydrogen-bond acceptors (Lipinski definition) is 4. The zero-order chi connectivity index (χ0) is 21.9. The second-order valence-electron chi connectivity index (χ2n) is 10.6. The van der Waals surface area contributed by atoms with Gasteiger partial charge in [-0.05, 0) is 37.5 Å². The van der Waals surface area contributed by atoms with E-state index in [1.54, 1.807) is 21.0 Å². The summed E-state index contributed by atoms with van der Waals surface area (Å²) in [6, 6.07) is 0. The Hall–Kier alpha value is -0.300. The number of nitrogens with one attached hydrogen (secondary N) is 1. The van der Waals surface area contributed by atoms with Gasteiger partial charge in [-0.25, -0.2) is 8.78 Å². The van der Waals surface area contributed by atoms with Crippen LogP contribution in [0.15, 0.2) is 0 Å². The molecular formula is C23H43F2NO3. The van der Waals surface area contributed by atoms with Crippen molar-refractivity contribution in [3.8, 4) is 0 Å². The molecule has 3 rings (SSSR count). The molecule has 6 heteroatoms. The van der Waals surface area contributed by atoms with Gasteiger partial charge in [0.1, 0.15) is 6.61 Å². The second-order valence-corrected chi connectivity index (χ2v) is 10.6. The van der Waals surface area contributed by atoms with Gasteiger partial charge in [0.05, 0.1) is 24.9 Å². The van der Waals surface area contributed by atoms with E-state index in [-0.39, 0.29) is 23.7 Å². The molecule has 0 aromatic carbocycles. The molecule has 172 valence electrons. The average molecular weight is 420 g/mol. The maximum atomic E-state index is 14.9. The lowest BCUT2D eigenvalue weighted by Gasteiger charge is -2.54. The van der Waals surface area contributed by atoms with Crippen molar-refractivity contribution in [3.63, 3.8) is 0 Å². The van der Waals surface area contributed by atoms with E-state index in [1.165, 1.54) is 0 Å². The number of halogens is 2. The van der Waals surface area contributed by atoms with Crippen LogP contribution in [0.3, 0.4) is 0 Å². The highest BCUT2D eigenvalue weighted by molar-refractivity contribution is 5.03. The minimum absolute atomic E-state index is 0.00235. The monoisotopic (exact) mass is 419 g/mol. The standard InChI is InChI=1S/C21H37F2NO3.C2H6/c1-18(2,13-26-16-6-15(7-16)25-5)10-19(3,4)21(22,23)14-27-17-8-20(9-17)11-24-12-20;1-2/h15-17,24H,6-14H2,1-5H3;1-2H3. The van der Waals surface area contributed by atoms with E-state index >= 15 is 0 Å². The maximum Gasteiger partial charge on any atom is 0.275 e. The summed E-state index contributed by atoms with van der Waals surface area (Å²) in [5.41, 5.74) is -1.12. The number of hydrogen-bond donors (Lipinski definition) is 1. The van der Waals surface area contributed by atoms with Gasteiger partial charge >= 0.3 is 0 Å². The molecule has 0 atom stereocenters. The summed E-state index contributed by atoms with van der Waals surface area (Å²) >= 11 is 0. The summed E-state index contributed by atoms with van der Waals surface area (Å²) in [4.78, 5) is 0. The van der Waals surface area contributed by atoms with Gasteiger partial charge in [0, 0.05) is 31.0 Å². The first-order valence-corrected chi connectivity index (χ1v) is 11.3. The van der Waals surface area contributed by atoms with Crippen molar-refractivity contribution < 1.29 is 23.0 Å². The van der Waals surface area contributed by atoms with Crippen molar-refractivity contribution in [3.05, 3.63) is 0 Å². The van der Waals surface area contributed by atoms with Crippen molar-refractivity contribution in [2.45, 2.75) is 97.9 Å². The van der Waals surface area contributed by atoms with Crippen molar-refractivity contribution in [1.29, 1.82) is 0 Å². The quantitative estimate of drug-likeness (QED) is 0.538. The van der Waals surface area contributed by atoms with E-state index < -0.39 is 17.9 Å². The largest absolute Gasteiger partial charge is 0.381 e. The normalized spacial score (nSPS) is 26.8. The van der Waals surface area contributed by atoms with Crippen LogP contribution in [0.25, 0.3) is 0 Å². The Morgan fingerprint density at radius 3 is 1.93 bits per heavy atom. The third kappa shape index (κ3) is 6.11. The Kier molecular flexibility index (Phi) is 8.14. The molecule has 3 aliphatic rings. The van der Waals surface area contributed by atoms with Crippen LogP contribution in [0.5, 0.6) is 0 Å². The fourth-order valence-electron chi connectivity index (χ4n) is 4.78. The first kappa shape index (κ1) is 25.0. The summed E-state index contributed by atoms with van der Waals surface area (Å²) in [5, 5.41) is 3.26. The van der Waals surface area contributed by atoms with Crippen LogP contribution < -0.4 is 5.32 Å². The van der Waals surface area contributed by atoms with Gasteiger partial charge in [-0.15, -0.1) is 0 Å². The van der Waals surface area contributed by atoms with E-state index in [1.807, 2.05) is 27.7 Å². The predicted molar refractivity (Wildman–Crippen MR) is 113 cm³/mol. The van der Waals surface area contributed by atoms with E-state index in [9.17, 15) is 8.78 Å². The van der Waals surface area contributed by atoms with Crippen LogP contribution in [0, 0.1) is 16.2 Å². The molecular weight excluding hydrogens is 376 g/mol. The maximum absolute atomic E-state index is 14.9. The Bertz CT molecular complexity index is 506. The minimum Gasteiger partial charge on any atom is -0.381 e. The molecule has 1 aliphatic heterocycles. The molecule has 0 amide bonds. The third-order valence-electron chi connectivity index (χ3n) is 6.83. The molecule has 0 bridgehead atoms. The average Bonchev–Trinajstić information content (AvgIpc) is 2.51. The Labute approximate surface area is 176 Å². The molecule has 1 heterocycles. The number of methoxy groups -OCH3 is 1. The second kappa shape index (κ2) is 9.46. The Balaban J connectivity index is 0.00000145. The minimum atomic E-state index is -2.86. The number of alkyl halides is 2. The van der Waals surface area contributed by atoms with Crippen molar-refractivity contribution in [2.75, 3.05) is 33.4 Å². The van der Waals surface area contributed by atoms with Crippen molar-refractivity contribution in [2.24, 2.45) is 16.2 Å². The van der Waals surface area contributed by atoms with E-state index in [4.69, 9.17) is 14.2 Å². The molecule has 1 spiro atoms. The lowest BCUT2D eigenvalue weighted by Crippen LogP contribution is -2.62. The van der Waals surface area contributed by atoms with Crippen LogP contribution >= 0.6 is 0 Å². The van der Waals surface area contributed by atoms with Gasteiger partial charge < -0.3 is 19.5 Å². The first-order valence-electron chi connectivity index (χ1n) is 11.3. The molecule has 2 saturated carbocycles. The number of ether oxygens (including phenoxy) is 3. The highest BCUT2D eigenvalue weighted by atomic mass is 19.3. The summed E-state index contributed by atoms with van der Waals surface area (Å²) in [7, 11) is 1.71. The van der Waals surface area contributed by atoms with Gasteiger partial charge in [-0.1, -0.05) is 41.5 Å². The van der Waals surface area contributed by atoms with Gasteiger partial charge in [0.15, 0.2) is 0 Å². The summed E-state index contributed by atoms with van der Waals surface area (Å²) < 4.78 is 46.6. The zero-order valence-electron chi connectivity index (χ0n) is 19.6. The van der Waals surface area contributed by atoms with Gasteiger partial charge in [0.2, 0.25) is 0 Å². The molecule has 0 radical (unpaired) electrons. The molecule has 1 saturated heterocycles. The van der Waals surface area contributed by atoms with Gasteiger partial charge in [0.25, 0.3) is 5.92 Å². The predicted octanol–water partition coefficient (Wildman–Crippen LogP) is 5.05. The summed E-state index contributed by atoms with van der Waals surface area (Å²) in [6.45, 7) is 13.4. The van der Waals surface area contributed by atoms with E-state index in [0.29, 0.717) is 18.4 Å². The van der Waals surface area contributed by atoms with E-state index in [2.05, 4.69) is 5.32 Å². The van der Waals surface area contributed by atoms with Crippen LogP contribution in [0.4, 0.5) is 8.78 Å². The fraction of sp³-hybridized carbons (Fsp3) is 1.00. The van der Waals surface area contributed by atoms with Crippen LogP contribution in [-0.2, 0) is 14.2 Å². The van der Waals surface area contributed by atoms with Crippen molar-refractivity contribution >= 4 is 0 Å². The highest BCUT2D eigenvalue weighted by Gasteiger charge is 2.53. The number of rotatable bonds is 10. The molecule has 1 N–H and O–H groups in total. The van der Waals surface area contributed by atoms with Crippen LogP contribution in [0.1, 0.15) is 73.6 Å². The lowest BCUT2D eigenvalue weighted by atomic mass is 9.63. The molecule has 3 fully saturated rings. The topological polar surface area (TPSA) is 39.7 Å². The van der Waals surface area contributed by atoms with Gasteiger partial charge in [-0.3, -0.25) is 0 Å². The molecule has 29 heavy (non-hydrogen) atoms. The van der Waals surface area contributed by atoms with Crippen molar-refractivity contribution in [1.82, 2.24) is 5.32 Å². The SMILES string of the molecule is CC.COC1CC(OCC(C)(C)CC(C)(C)C(F)(F)COC2CC3(CNC3)C2)C1. The molecule has 0 aromatic heterocycles.